The number of aromatic nitrogens is 6. The van der Waals surface area contributed by atoms with Gasteiger partial charge in [0, 0.05) is 13.2 Å². The fourth-order valence-electron chi connectivity index (χ4n) is 3.23. The van der Waals surface area contributed by atoms with Gasteiger partial charge in [-0.2, -0.15) is 9.61 Å². The summed E-state index contributed by atoms with van der Waals surface area (Å²) in [4.78, 5) is 17.2. The highest BCUT2D eigenvalue weighted by atomic mass is 16.5. The SMILES string of the molecule is COCc1nn2c(nnc3c(=O)n(C4CC4)cnc32)c1-c1ccccc1. The molecule has 0 aliphatic heterocycles. The van der Waals surface area contributed by atoms with Gasteiger partial charge in [-0.1, -0.05) is 30.3 Å². The van der Waals surface area contributed by atoms with Crippen LogP contribution in [0, 0.1) is 0 Å². The van der Waals surface area contributed by atoms with Crippen LogP contribution in [-0.2, 0) is 11.3 Å². The molecule has 3 aromatic heterocycles. The molecule has 1 aromatic carbocycles. The Balaban J connectivity index is 1.82. The molecule has 0 unspecified atom stereocenters. The van der Waals surface area contributed by atoms with Crippen molar-refractivity contribution in [3.63, 3.8) is 0 Å². The van der Waals surface area contributed by atoms with Gasteiger partial charge in [-0.15, -0.1) is 10.2 Å². The van der Waals surface area contributed by atoms with Gasteiger partial charge in [-0.25, -0.2) is 4.98 Å². The summed E-state index contributed by atoms with van der Waals surface area (Å²) in [7, 11) is 1.62. The summed E-state index contributed by atoms with van der Waals surface area (Å²) in [6.45, 7) is 0.328. The first-order chi connectivity index (χ1) is 12.8. The Morgan fingerprint density at radius 2 is 1.96 bits per heavy atom. The van der Waals surface area contributed by atoms with Gasteiger partial charge in [0.05, 0.1) is 17.9 Å². The standard InChI is InChI=1S/C18H16N6O2/c1-26-9-13-14(11-5-3-2-4-6-11)16-21-20-15-17(24(16)22-13)19-10-23(18(15)25)12-7-8-12/h2-6,10,12H,7-9H2,1H3. The molecular weight excluding hydrogens is 332 g/mol. The Labute approximate surface area is 148 Å². The lowest BCUT2D eigenvalue weighted by atomic mass is 10.1. The van der Waals surface area contributed by atoms with Gasteiger partial charge in [-0.05, 0) is 18.4 Å². The predicted molar refractivity (Wildman–Crippen MR) is 94.8 cm³/mol. The summed E-state index contributed by atoms with van der Waals surface area (Å²) in [5.41, 5.74) is 3.58. The molecule has 130 valence electrons. The Kier molecular flexibility index (Phi) is 3.32. The molecule has 3 heterocycles. The van der Waals surface area contributed by atoms with E-state index in [9.17, 15) is 4.79 Å². The van der Waals surface area contributed by atoms with E-state index >= 15 is 0 Å². The van der Waals surface area contributed by atoms with Gasteiger partial charge < -0.3 is 4.74 Å². The first kappa shape index (κ1) is 15.2. The highest BCUT2D eigenvalue weighted by Gasteiger charge is 2.27. The molecule has 0 bridgehead atoms. The molecule has 8 heteroatoms. The molecule has 1 fully saturated rings. The van der Waals surface area contributed by atoms with E-state index < -0.39 is 0 Å². The second-order valence-corrected chi connectivity index (χ2v) is 6.42. The molecule has 0 radical (unpaired) electrons. The van der Waals surface area contributed by atoms with E-state index in [1.54, 1.807) is 22.5 Å². The number of benzene rings is 1. The lowest BCUT2D eigenvalue weighted by Gasteiger charge is -2.04. The van der Waals surface area contributed by atoms with Crippen LogP contribution in [0.15, 0.2) is 41.5 Å². The lowest BCUT2D eigenvalue weighted by Crippen LogP contribution is -2.22. The molecule has 0 spiro atoms. The van der Waals surface area contributed by atoms with Crippen LogP contribution in [0.1, 0.15) is 24.6 Å². The van der Waals surface area contributed by atoms with Gasteiger partial charge in [0.2, 0.25) is 0 Å². The van der Waals surface area contributed by atoms with E-state index in [0.29, 0.717) is 17.9 Å². The molecule has 1 aliphatic carbocycles. The molecule has 0 saturated heterocycles. The fraction of sp³-hybridized carbons (Fsp3) is 0.278. The first-order valence-electron chi connectivity index (χ1n) is 8.47. The minimum Gasteiger partial charge on any atom is -0.378 e. The normalized spacial score (nSPS) is 14.3. The van der Waals surface area contributed by atoms with Crippen molar-refractivity contribution in [3.8, 4) is 11.1 Å². The van der Waals surface area contributed by atoms with Crippen molar-refractivity contribution >= 4 is 16.8 Å². The Bertz CT molecular complexity index is 1180. The third-order valence-electron chi connectivity index (χ3n) is 4.62. The fourth-order valence-corrected chi connectivity index (χ4v) is 3.23. The van der Waals surface area contributed by atoms with Crippen molar-refractivity contribution in [2.45, 2.75) is 25.5 Å². The van der Waals surface area contributed by atoms with Crippen LogP contribution in [0.5, 0.6) is 0 Å². The second-order valence-electron chi connectivity index (χ2n) is 6.42. The predicted octanol–water partition coefficient (Wildman–Crippen LogP) is 1.98. The number of methoxy groups -OCH3 is 1. The summed E-state index contributed by atoms with van der Waals surface area (Å²) >= 11 is 0. The second kappa shape index (κ2) is 5.70. The van der Waals surface area contributed by atoms with Crippen LogP contribution >= 0.6 is 0 Å². The van der Waals surface area contributed by atoms with Crippen LogP contribution in [0.4, 0.5) is 0 Å². The molecule has 0 amide bonds. The first-order valence-corrected chi connectivity index (χ1v) is 8.47. The van der Waals surface area contributed by atoms with Crippen molar-refractivity contribution in [2.24, 2.45) is 0 Å². The maximum absolute atomic E-state index is 12.7. The molecular formula is C18H16N6O2. The molecule has 4 aromatic rings. The molecule has 0 N–H and O–H groups in total. The molecule has 1 saturated carbocycles. The van der Waals surface area contributed by atoms with Gasteiger partial charge in [0.1, 0.15) is 6.33 Å². The minimum absolute atomic E-state index is 0.169. The van der Waals surface area contributed by atoms with Crippen LogP contribution < -0.4 is 5.56 Å². The zero-order valence-corrected chi connectivity index (χ0v) is 14.2. The Morgan fingerprint density at radius 1 is 1.15 bits per heavy atom. The van der Waals surface area contributed by atoms with Gasteiger partial charge in [0.25, 0.3) is 5.56 Å². The van der Waals surface area contributed by atoms with Crippen LogP contribution in [-0.4, -0.2) is 36.5 Å². The quantitative estimate of drug-likeness (QED) is 0.560. The number of rotatable bonds is 4. The molecule has 8 nitrogen and oxygen atoms in total. The number of nitrogens with zero attached hydrogens (tertiary/aromatic N) is 6. The summed E-state index contributed by atoms with van der Waals surface area (Å²) in [5, 5.41) is 13.1. The van der Waals surface area contributed by atoms with E-state index in [2.05, 4.69) is 20.3 Å². The van der Waals surface area contributed by atoms with E-state index in [1.807, 2.05) is 30.3 Å². The van der Waals surface area contributed by atoms with Crippen LogP contribution in [0.3, 0.4) is 0 Å². The van der Waals surface area contributed by atoms with E-state index in [4.69, 9.17) is 4.74 Å². The molecule has 5 rings (SSSR count). The topological polar surface area (TPSA) is 87.2 Å². The van der Waals surface area contributed by atoms with Gasteiger partial charge >= 0.3 is 0 Å². The minimum atomic E-state index is -0.169. The smallest absolute Gasteiger partial charge is 0.283 e. The third kappa shape index (κ3) is 2.22. The summed E-state index contributed by atoms with van der Waals surface area (Å²) in [5.74, 6) is 0. The average molecular weight is 348 g/mol. The number of ether oxygens (including phenoxy) is 1. The summed E-state index contributed by atoms with van der Waals surface area (Å²) in [6, 6.07) is 10.1. The van der Waals surface area contributed by atoms with E-state index in [0.717, 1.165) is 29.7 Å². The number of hydrogen-bond donors (Lipinski definition) is 0. The maximum atomic E-state index is 12.7. The number of hydrogen-bond acceptors (Lipinski definition) is 6. The van der Waals surface area contributed by atoms with Crippen molar-refractivity contribution in [2.75, 3.05) is 7.11 Å². The van der Waals surface area contributed by atoms with Gasteiger partial charge in [-0.3, -0.25) is 9.36 Å². The monoisotopic (exact) mass is 348 g/mol. The Morgan fingerprint density at radius 3 is 2.69 bits per heavy atom. The van der Waals surface area contributed by atoms with Gasteiger partial charge in [0.15, 0.2) is 16.8 Å². The highest BCUT2D eigenvalue weighted by Crippen LogP contribution is 2.33. The Hall–Kier alpha value is -3.13. The van der Waals surface area contributed by atoms with Crippen LogP contribution in [0.25, 0.3) is 27.9 Å². The highest BCUT2D eigenvalue weighted by molar-refractivity contribution is 5.83. The van der Waals surface area contributed by atoms with E-state index in [-0.39, 0.29) is 17.1 Å². The summed E-state index contributed by atoms with van der Waals surface area (Å²) < 4.78 is 8.54. The summed E-state index contributed by atoms with van der Waals surface area (Å²) in [6.07, 6.45) is 3.59. The maximum Gasteiger partial charge on any atom is 0.283 e. The van der Waals surface area contributed by atoms with Crippen molar-refractivity contribution < 1.29 is 4.74 Å². The third-order valence-corrected chi connectivity index (χ3v) is 4.62. The van der Waals surface area contributed by atoms with Crippen LogP contribution in [0.2, 0.25) is 0 Å². The lowest BCUT2D eigenvalue weighted by molar-refractivity contribution is 0.181. The van der Waals surface area contributed by atoms with Crippen molar-refractivity contribution in [1.29, 1.82) is 0 Å². The largest absolute Gasteiger partial charge is 0.378 e. The van der Waals surface area contributed by atoms with E-state index in [1.165, 1.54) is 0 Å². The molecule has 26 heavy (non-hydrogen) atoms. The zero-order chi connectivity index (χ0) is 17.7. The van der Waals surface area contributed by atoms with Crippen molar-refractivity contribution in [1.82, 2.24) is 29.4 Å². The number of fused-ring (bicyclic) bond motifs is 3. The molecule has 1 aliphatic rings. The zero-order valence-electron chi connectivity index (χ0n) is 14.2. The average Bonchev–Trinajstić information content (AvgIpc) is 3.43. The van der Waals surface area contributed by atoms with Crippen molar-refractivity contribution in [3.05, 3.63) is 52.7 Å². The molecule has 0 atom stereocenters.